The summed E-state index contributed by atoms with van der Waals surface area (Å²) in [6, 6.07) is 4.38. The maximum absolute atomic E-state index is 10.5. The lowest BCUT2D eigenvalue weighted by Crippen LogP contribution is -1.92. The molecule has 0 heterocycles. The van der Waals surface area contributed by atoms with Crippen molar-refractivity contribution in [1.29, 1.82) is 0 Å². The van der Waals surface area contributed by atoms with E-state index in [9.17, 15) is 10.1 Å². The van der Waals surface area contributed by atoms with Crippen LogP contribution in [-0.2, 0) is 0 Å². The van der Waals surface area contributed by atoms with Gasteiger partial charge in [-0.25, -0.2) is 0 Å². The van der Waals surface area contributed by atoms with E-state index in [0.717, 1.165) is 0 Å². The molecule has 6 heteroatoms. The third kappa shape index (κ3) is 2.10. The van der Waals surface area contributed by atoms with Crippen LogP contribution in [0.2, 0.25) is 0 Å². The quantitative estimate of drug-likeness (QED) is 0.423. The minimum Gasteiger partial charge on any atom is -0.497 e. The highest BCUT2D eigenvalue weighted by Crippen LogP contribution is 2.30. The maximum atomic E-state index is 10.5. The van der Waals surface area contributed by atoms with Crippen molar-refractivity contribution >= 4 is 17.6 Å². The van der Waals surface area contributed by atoms with E-state index in [2.05, 4.69) is 0 Å². The van der Waals surface area contributed by atoms with Crippen molar-refractivity contribution in [2.45, 2.75) is 4.90 Å². The summed E-state index contributed by atoms with van der Waals surface area (Å²) in [7, 11) is 1.44. The molecule has 0 spiro atoms. The summed E-state index contributed by atoms with van der Waals surface area (Å²) in [5.41, 5.74) is -0.0978. The molecule has 0 aromatic heterocycles. The molecule has 1 aromatic carbocycles. The van der Waals surface area contributed by atoms with Gasteiger partial charge in [-0.05, 0) is 24.1 Å². The van der Waals surface area contributed by atoms with Crippen LogP contribution in [0, 0.1) is 10.1 Å². The Kier molecular flexibility index (Phi) is 3.10. The van der Waals surface area contributed by atoms with Crippen LogP contribution in [0.3, 0.4) is 0 Å². The van der Waals surface area contributed by atoms with E-state index in [-0.39, 0.29) is 5.69 Å². The predicted octanol–water partition coefficient (Wildman–Crippen LogP) is 1.89. The second kappa shape index (κ2) is 4.11. The fourth-order valence-electron chi connectivity index (χ4n) is 0.853. The average Bonchev–Trinajstić information content (AvgIpc) is 2.16. The lowest BCUT2D eigenvalue weighted by Gasteiger charge is -2.01. The number of nitrogens with zero attached hydrogens (tertiary/aromatic N) is 1. The number of nitro benzene ring substituents is 1. The average molecular weight is 199 g/mol. The molecule has 0 atom stereocenters. The van der Waals surface area contributed by atoms with Crippen molar-refractivity contribution in [2.24, 2.45) is 0 Å². The number of ether oxygens (including phenoxy) is 1. The van der Waals surface area contributed by atoms with E-state index in [1.165, 1.54) is 19.2 Å². The van der Waals surface area contributed by atoms with Gasteiger partial charge in [0.2, 0.25) is 0 Å². The maximum Gasteiger partial charge on any atom is 0.287 e. The molecule has 0 bridgehead atoms. The number of rotatable bonds is 3. The predicted molar refractivity (Wildman–Crippen MR) is 48.6 cm³/mol. The van der Waals surface area contributed by atoms with Crippen LogP contribution in [0.15, 0.2) is 23.1 Å². The Balaban J connectivity index is 3.18. The van der Waals surface area contributed by atoms with Gasteiger partial charge < -0.3 is 4.74 Å². The molecule has 69 valence electrons. The summed E-state index contributed by atoms with van der Waals surface area (Å²) < 4.78 is 4.83. The van der Waals surface area contributed by atoms with Crippen molar-refractivity contribution in [1.82, 2.24) is 5.14 Å². The van der Waals surface area contributed by atoms with Gasteiger partial charge in [-0.15, -0.1) is 0 Å². The van der Waals surface area contributed by atoms with Crippen LogP contribution in [0.25, 0.3) is 0 Å². The molecular formula is C7H7N2O3S. The Morgan fingerprint density at radius 1 is 1.62 bits per heavy atom. The van der Waals surface area contributed by atoms with Crippen LogP contribution < -0.4 is 9.88 Å². The lowest BCUT2D eigenvalue weighted by atomic mass is 10.3. The first-order chi connectivity index (χ1) is 6.19. The summed E-state index contributed by atoms with van der Waals surface area (Å²) >= 11 is 0.596. The van der Waals surface area contributed by atoms with Gasteiger partial charge in [0.1, 0.15) is 10.6 Å². The summed E-state index contributed by atoms with van der Waals surface area (Å²) in [6.45, 7) is 0. The van der Waals surface area contributed by atoms with E-state index in [0.29, 0.717) is 22.6 Å². The van der Waals surface area contributed by atoms with Crippen LogP contribution in [0.5, 0.6) is 5.75 Å². The zero-order valence-corrected chi connectivity index (χ0v) is 7.63. The number of methoxy groups -OCH3 is 1. The first-order valence-corrected chi connectivity index (χ1v) is 4.16. The number of benzene rings is 1. The highest BCUT2D eigenvalue weighted by molar-refractivity contribution is 7.96. The highest BCUT2D eigenvalue weighted by Gasteiger charge is 2.14. The molecule has 0 saturated carbocycles. The highest BCUT2D eigenvalue weighted by atomic mass is 32.2. The van der Waals surface area contributed by atoms with E-state index in [1.807, 2.05) is 0 Å². The Morgan fingerprint density at radius 2 is 2.31 bits per heavy atom. The third-order valence-corrected chi connectivity index (χ3v) is 2.04. The van der Waals surface area contributed by atoms with Gasteiger partial charge in [0.05, 0.1) is 18.1 Å². The van der Waals surface area contributed by atoms with E-state index in [4.69, 9.17) is 9.88 Å². The molecular weight excluding hydrogens is 192 g/mol. The molecule has 1 aromatic rings. The molecule has 0 unspecified atom stereocenters. The van der Waals surface area contributed by atoms with Crippen LogP contribution in [0.1, 0.15) is 0 Å². The second-order valence-corrected chi connectivity index (χ2v) is 2.84. The summed E-state index contributed by atoms with van der Waals surface area (Å²) in [5, 5.41) is 17.5. The first kappa shape index (κ1) is 9.82. The monoisotopic (exact) mass is 199 g/mol. The fourth-order valence-corrected chi connectivity index (χ4v) is 1.23. The molecule has 0 amide bonds. The molecule has 0 saturated heterocycles. The molecule has 5 nitrogen and oxygen atoms in total. The normalized spacial score (nSPS) is 9.69. The van der Waals surface area contributed by atoms with Crippen molar-refractivity contribution < 1.29 is 9.66 Å². The lowest BCUT2D eigenvalue weighted by molar-refractivity contribution is -0.387. The summed E-state index contributed by atoms with van der Waals surface area (Å²) in [5.74, 6) is 0.421. The van der Waals surface area contributed by atoms with E-state index < -0.39 is 4.92 Å². The van der Waals surface area contributed by atoms with E-state index in [1.54, 1.807) is 6.07 Å². The fraction of sp³-hybridized carbons (Fsp3) is 0.143. The molecule has 0 aliphatic carbocycles. The van der Waals surface area contributed by atoms with Gasteiger partial charge >= 0.3 is 0 Å². The van der Waals surface area contributed by atoms with Gasteiger partial charge in [-0.1, -0.05) is 0 Å². The summed E-state index contributed by atoms with van der Waals surface area (Å²) in [4.78, 5) is 10.3. The second-order valence-electron chi connectivity index (χ2n) is 2.19. The minimum atomic E-state index is -0.528. The Bertz CT molecular complexity index is 330. The molecule has 0 fully saturated rings. The Morgan fingerprint density at radius 3 is 2.77 bits per heavy atom. The van der Waals surface area contributed by atoms with Crippen molar-refractivity contribution in [2.75, 3.05) is 7.11 Å². The SMILES string of the molecule is COc1ccc(S[NH])c([N+](=O)[O-])c1. The number of hydrogen-bond acceptors (Lipinski definition) is 4. The smallest absolute Gasteiger partial charge is 0.287 e. The van der Waals surface area contributed by atoms with Gasteiger partial charge in [0, 0.05) is 0 Å². The number of hydrogen-bond donors (Lipinski definition) is 0. The third-order valence-electron chi connectivity index (χ3n) is 1.47. The van der Waals surface area contributed by atoms with Crippen LogP contribution in [-0.4, -0.2) is 12.0 Å². The minimum absolute atomic E-state index is 0.0978. The van der Waals surface area contributed by atoms with Gasteiger partial charge in [0.15, 0.2) is 0 Å². The number of nitrogens with one attached hydrogen (secondary N) is 1. The molecule has 1 rings (SSSR count). The molecule has 1 radical (unpaired) electrons. The van der Waals surface area contributed by atoms with Crippen molar-refractivity contribution in [3.63, 3.8) is 0 Å². The zero-order valence-electron chi connectivity index (χ0n) is 6.81. The molecule has 1 N–H and O–H groups in total. The van der Waals surface area contributed by atoms with Gasteiger partial charge in [-0.2, -0.15) is 5.14 Å². The molecule has 0 aliphatic heterocycles. The van der Waals surface area contributed by atoms with Crippen molar-refractivity contribution in [3.8, 4) is 5.75 Å². The largest absolute Gasteiger partial charge is 0.497 e. The van der Waals surface area contributed by atoms with E-state index >= 15 is 0 Å². The Hall–Kier alpha value is -1.27. The number of nitro groups is 1. The topological polar surface area (TPSA) is 76.2 Å². The first-order valence-electron chi connectivity index (χ1n) is 3.35. The van der Waals surface area contributed by atoms with Crippen LogP contribution >= 0.6 is 11.9 Å². The molecule has 13 heavy (non-hydrogen) atoms. The molecule has 0 aliphatic rings. The van der Waals surface area contributed by atoms with Gasteiger partial charge in [0.25, 0.3) is 5.69 Å². The zero-order chi connectivity index (χ0) is 9.84. The van der Waals surface area contributed by atoms with Crippen LogP contribution in [0.4, 0.5) is 5.69 Å². The standard InChI is InChI=1S/C7H7N2O3S/c1-12-5-2-3-7(13-8)6(4-5)9(10)11/h2-4,8H,1H3. The Labute approximate surface area is 79.2 Å². The van der Waals surface area contributed by atoms with Crippen molar-refractivity contribution in [3.05, 3.63) is 28.3 Å². The summed E-state index contributed by atoms with van der Waals surface area (Å²) in [6.07, 6.45) is 0. The van der Waals surface area contributed by atoms with Gasteiger partial charge in [-0.3, -0.25) is 10.1 Å².